The number of aromatic nitrogens is 1. The first kappa shape index (κ1) is 20.2. The molecule has 0 radical (unpaired) electrons. The second-order valence-corrected chi connectivity index (χ2v) is 5.56. The van der Waals surface area contributed by atoms with Crippen LogP contribution in [0.2, 0.25) is 0 Å². The molecule has 1 aromatic rings. The van der Waals surface area contributed by atoms with E-state index in [0.29, 0.717) is 5.56 Å². The third kappa shape index (κ3) is 5.46. The van der Waals surface area contributed by atoms with Gasteiger partial charge in [0.2, 0.25) is 6.10 Å². The summed E-state index contributed by atoms with van der Waals surface area (Å²) < 4.78 is 85.8. The molecule has 1 aliphatic heterocycles. The number of amides is 1. The molecular formula is C14H15F6N3O3. The van der Waals surface area contributed by atoms with Crippen LogP contribution < -0.4 is 5.73 Å². The lowest BCUT2D eigenvalue weighted by molar-refractivity contribution is -0.210. The summed E-state index contributed by atoms with van der Waals surface area (Å²) in [5.41, 5.74) is 3.87. The molecule has 2 rings (SSSR count). The van der Waals surface area contributed by atoms with Gasteiger partial charge in [0.1, 0.15) is 5.69 Å². The monoisotopic (exact) mass is 387 g/mol. The van der Waals surface area contributed by atoms with Crippen molar-refractivity contribution in [3.05, 3.63) is 29.6 Å². The molecule has 1 saturated heterocycles. The van der Waals surface area contributed by atoms with Crippen LogP contribution in [-0.2, 0) is 15.7 Å². The molecule has 2 heterocycles. The molecule has 1 amide bonds. The van der Waals surface area contributed by atoms with Gasteiger partial charge in [-0.1, -0.05) is 6.07 Å². The van der Waals surface area contributed by atoms with Crippen molar-refractivity contribution in [3.63, 3.8) is 0 Å². The minimum absolute atomic E-state index is 0.0399. The number of morpholine rings is 1. The van der Waals surface area contributed by atoms with Crippen LogP contribution in [0.5, 0.6) is 0 Å². The van der Waals surface area contributed by atoms with E-state index in [-0.39, 0.29) is 19.7 Å². The predicted molar refractivity (Wildman–Crippen MR) is 74.9 cm³/mol. The van der Waals surface area contributed by atoms with Crippen LogP contribution >= 0.6 is 0 Å². The van der Waals surface area contributed by atoms with Gasteiger partial charge in [-0.3, -0.25) is 9.88 Å². The minimum atomic E-state index is -4.81. The fraction of sp³-hybridized carbons (Fsp3) is 0.571. The molecule has 2 atom stereocenters. The highest BCUT2D eigenvalue weighted by atomic mass is 19.4. The number of pyridine rings is 1. The average Bonchev–Trinajstić information content (AvgIpc) is 2.52. The fourth-order valence-corrected chi connectivity index (χ4v) is 2.42. The van der Waals surface area contributed by atoms with E-state index in [9.17, 15) is 31.1 Å². The summed E-state index contributed by atoms with van der Waals surface area (Å²) in [6.45, 7) is -0.534. The number of carbonyl (C=O) groups excluding carboxylic acids is 1. The summed E-state index contributed by atoms with van der Waals surface area (Å²) >= 11 is 0. The highest BCUT2D eigenvalue weighted by molar-refractivity contribution is 5.64. The van der Waals surface area contributed by atoms with Crippen LogP contribution in [0, 0.1) is 0 Å². The molecule has 1 aromatic heterocycles. The van der Waals surface area contributed by atoms with E-state index >= 15 is 0 Å². The number of primary amides is 1. The van der Waals surface area contributed by atoms with Crippen LogP contribution in [0.25, 0.3) is 0 Å². The number of carbonyl (C=O) groups is 1. The van der Waals surface area contributed by atoms with Crippen molar-refractivity contribution in [2.45, 2.75) is 24.6 Å². The number of halogens is 6. The van der Waals surface area contributed by atoms with E-state index in [4.69, 9.17) is 4.74 Å². The van der Waals surface area contributed by atoms with Crippen molar-refractivity contribution in [1.82, 2.24) is 9.88 Å². The highest BCUT2D eigenvalue weighted by Gasteiger charge is 2.44. The van der Waals surface area contributed by atoms with Crippen molar-refractivity contribution in [2.75, 3.05) is 26.2 Å². The fourth-order valence-electron chi connectivity index (χ4n) is 2.42. The summed E-state index contributed by atoms with van der Waals surface area (Å²) in [5, 5.41) is 0. The summed E-state index contributed by atoms with van der Waals surface area (Å²) in [6.07, 6.45) is -13.2. The zero-order valence-corrected chi connectivity index (χ0v) is 13.2. The van der Waals surface area contributed by atoms with Gasteiger partial charge < -0.3 is 15.2 Å². The predicted octanol–water partition coefficient (Wildman–Crippen LogP) is 2.50. The molecule has 0 bridgehead atoms. The number of rotatable bonds is 4. The molecule has 12 heteroatoms. The van der Waals surface area contributed by atoms with Gasteiger partial charge in [0.25, 0.3) is 0 Å². The second-order valence-electron chi connectivity index (χ2n) is 5.56. The van der Waals surface area contributed by atoms with Gasteiger partial charge in [-0.05, 0) is 6.07 Å². The third-order valence-electron chi connectivity index (χ3n) is 3.65. The Morgan fingerprint density at radius 3 is 2.54 bits per heavy atom. The maximum absolute atomic E-state index is 12.9. The van der Waals surface area contributed by atoms with Crippen LogP contribution in [0.3, 0.4) is 0 Å². The molecule has 1 aliphatic rings. The van der Waals surface area contributed by atoms with Crippen LogP contribution in [0.4, 0.5) is 31.1 Å². The number of alkyl halides is 6. The van der Waals surface area contributed by atoms with E-state index < -0.39 is 42.9 Å². The SMILES string of the molecule is NC(=O)O[C@@H](CN1CCO[C@@H](c2ccc(C(F)(F)F)nc2)C1)C(F)(F)F. The summed E-state index contributed by atoms with van der Waals surface area (Å²) in [7, 11) is 0. The van der Waals surface area contributed by atoms with Crippen molar-refractivity contribution in [2.24, 2.45) is 5.73 Å². The van der Waals surface area contributed by atoms with E-state index in [1.165, 1.54) is 4.90 Å². The van der Waals surface area contributed by atoms with Gasteiger partial charge in [0.15, 0.2) is 0 Å². The Morgan fingerprint density at radius 1 is 1.35 bits per heavy atom. The molecule has 2 N–H and O–H groups in total. The maximum Gasteiger partial charge on any atom is 0.433 e. The molecule has 146 valence electrons. The Hall–Kier alpha value is -2.08. The highest BCUT2D eigenvalue weighted by Crippen LogP contribution is 2.30. The van der Waals surface area contributed by atoms with Gasteiger partial charge >= 0.3 is 18.4 Å². The number of hydrogen-bond donors (Lipinski definition) is 1. The second kappa shape index (κ2) is 7.66. The summed E-state index contributed by atoms with van der Waals surface area (Å²) in [5.74, 6) is 0. The van der Waals surface area contributed by atoms with Gasteiger partial charge in [0.05, 0.1) is 12.7 Å². The van der Waals surface area contributed by atoms with E-state index in [0.717, 1.165) is 18.3 Å². The Balaban J connectivity index is 2.05. The quantitative estimate of drug-likeness (QED) is 0.804. The van der Waals surface area contributed by atoms with E-state index in [1.807, 2.05) is 0 Å². The molecule has 0 spiro atoms. The molecule has 0 aromatic carbocycles. The van der Waals surface area contributed by atoms with E-state index in [1.54, 1.807) is 0 Å². The van der Waals surface area contributed by atoms with Crippen molar-refractivity contribution >= 4 is 6.09 Å². The van der Waals surface area contributed by atoms with Gasteiger partial charge in [0, 0.05) is 31.4 Å². The number of ether oxygens (including phenoxy) is 2. The van der Waals surface area contributed by atoms with Crippen LogP contribution in [0.15, 0.2) is 18.3 Å². The number of hydrogen-bond acceptors (Lipinski definition) is 5. The van der Waals surface area contributed by atoms with Crippen molar-refractivity contribution in [1.29, 1.82) is 0 Å². The Labute approximate surface area is 143 Å². The topological polar surface area (TPSA) is 77.7 Å². The first-order valence-electron chi connectivity index (χ1n) is 7.36. The molecule has 0 unspecified atom stereocenters. The first-order valence-corrected chi connectivity index (χ1v) is 7.36. The Bertz CT molecular complexity index is 620. The Kier molecular flexibility index (Phi) is 5.96. The lowest BCUT2D eigenvalue weighted by Gasteiger charge is -2.35. The zero-order chi connectivity index (χ0) is 19.5. The van der Waals surface area contributed by atoms with Gasteiger partial charge in [-0.25, -0.2) is 4.79 Å². The molecule has 1 fully saturated rings. The lowest BCUT2D eigenvalue weighted by Crippen LogP contribution is -2.48. The molecule has 0 aliphatic carbocycles. The standard InChI is InChI=1S/C14H15F6N3O3/c15-13(16,17)10-2-1-8(5-22-10)9-6-23(3-4-25-9)7-11(14(18,19)20)26-12(21)24/h1-2,5,9,11H,3-4,6-7H2,(H2,21,24)/t9-,11+/m1/s1. The van der Waals surface area contributed by atoms with Gasteiger partial charge in [-0.15, -0.1) is 0 Å². The van der Waals surface area contributed by atoms with Crippen molar-refractivity contribution in [3.8, 4) is 0 Å². The average molecular weight is 387 g/mol. The van der Waals surface area contributed by atoms with Crippen molar-refractivity contribution < 1.29 is 40.6 Å². The molecule has 6 nitrogen and oxygen atoms in total. The zero-order valence-electron chi connectivity index (χ0n) is 13.2. The largest absolute Gasteiger partial charge is 0.435 e. The number of nitrogens with two attached hydrogens (primary N) is 1. The van der Waals surface area contributed by atoms with Crippen LogP contribution in [0.1, 0.15) is 17.4 Å². The van der Waals surface area contributed by atoms with Gasteiger partial charge in [-0.2, -0.15) is 26.3 Å². The molecular weight excluding hydrogens is 372 g/mol. The lowest BCUT2D eigenvalue weighted by atomic mass is 10.1. The maximum atomic E-state index is 12.9. The smallest absolute Gasteiger partial charge is 0.433 e. The third-order valence-corrected chi connectivity index (χ3v) is 3.65. The minimum Gasteiger partial charge on any atom is -0.435 e. The first-order chi connectivity index (χ1) is 12.0. The summed E-state index contributed by atoms with van der Waals surface area (Å²) in [4.78, 5) is 15.3. The van der Waals surface area contributed by atoms with Crippen LogP contribution in [-0.4, -0.2) is 54.5 Å². The molecule has 0 saturated carbocycles. The summed E-state index contributed by atoms with van der Waals surface area (Å²) in [6, 6.07) is 1.93. The van der Waals surface area contributed by atoms with E-state index in [2.05, 4.69) is 15.5 Å². The normalized spacial score (nSPS) is 20.6. The number of nitrogens with zero attached hydrogens (tertiary/aromatic N) is 2. The Morgan fingerprint density at radius 2 is 2.04 bits per heavy atom. The molecule has 26 heavy (non-hydrogen) atoms.